The second-order valence-corrected chi connectivity index (χ2v) is 3.82. The van der Waals surface area contributed by atoms with Gasteiger partial charge in [0.15, 0.2) is 0 Å². The number of ether oxygens (including phenoxy) is 6. The smallest absolute Gasteiger partial charge is 0.146 e. The SMILES string of the molecule is C.C.C.C.C.C.C.C.C.C.COCO[C@@H]1CO[C@H]2[C@@H]1OC[C@H]2OCOC. The van der Waals surface area contributed by atoms with Crippen molar-refractivity contribution in [3.8, 4) is 0 Å². The van der Waals surface area contributed by atoms with Crippen molar-refractivity contribution in [3.05, 3.63) is 0 Å². The minimum atomic E-state index is -0.0684. The van der Waals surface area contributed by atoms with E-state index in [4.69, 9.17) is 28.4 Å². The lowest BCUT2D eigenvalue weighted by molar-refractivity contribution is -0.118. The summed E-state index contributed by atoms with van der Waals surface area (Å²) in [6.45, 7) is 1.55. The van der Waals surface area contributed by atoms with E-state index in [0.717, 1.165) is 0 Å². The third-order valence-electron chi connectivity index (χ3n) is 2.76. The zero-order valence-electron chi connectivity index (χ0n) is 9.59. The average Bonchev–Trinajstić information content (AvgIpc) is 2.86. The van der Waals surface area contributed by atoms with E-state index in [1.807, 2.05) is 0 Å². The van der Waals surface area contributed by atoms with Gasteiger partial charge in [-0.25, -0.2) is 0 Å². The van der Waals surface area contributed by atoms with E-state index in [1.165, 1.54) is 0 Å². The highest BCUT2D eigenvalue weighted by molar-refractivity contribution is 4.95. The molecular formula is C20H58O6. The van der Waals surface area contributed by atoms with Gasteiger partial charge in [0.25, 0.3) is 0 Å². The Morgan fingerprint density at radius 1 is 0.577 bits per heavy atom. The van der Waals surface area contributed by atoms with Gasteiger partial charge in [0.05, 0.1) is 13.2 Å². The Bertz CT molecular complexity index is 194. The first-order valence-electron chi connectivity index (χ1n) is 5.31. The fraction of sp³-hybridized carbons (Fsp3) is 1.00. The number of fused-ring (bicyclic) bond motifs is 1. The van der Waals surface area contributed by atoms with E-state index in [2.05, 4.69) is 0 Å². The van der Waals surface area contributed by atoms with Gasteiger partial charge in [0.1, 0.15) is 38.0 Å². The van der Waals surface area contributed by atoms with Crippen LogP contribution < -0.4 is 0 Å². The molecule has 0 amide bonds. The molecule has 0 radical (unpaired) electrons. The second-order valence-electron chi connectivity index (χ2n) is 3.82. The molecule has 4 atom stereocenters. The van der Waals surface area contributed by atoms with Gasteiger partial charge < -0.3 is 28.4 Å². The van der Waals surface area contributed by atoms with Crippen molar-refractivity contribution in [2.24, 2.45) is 0 Å². The third-order valence-corrected chi connectivity index (χ3v) is 2.76. The molecule has 2 heterocycles. The van der Waals surface area contributed by atoms with Crippen molar-refractivity contribution in [2.45, 2.75) is 98.7 Å². The molecule has 0 aliphatic carbocycles. The van der Waals surface area contributed by atoms with Crippen molar-refractivity contribution in [3.63, 3.8) is 0 Å². The molecule has 0 aromatic rings. The van der Waals surface area contributed by atoms with Crippen LogP contribution in [0, 0.1) is 0 Å². The molecule has 0 spiro atoms. The fourth-order valence-corrected chi connectivity index (χ4v) is 2.03. The van der Waals surface area contributed by atoms with Crippen molar-refractivity contribution in [2.75, 3.05) is 41.0 Å². The zero-order chi connectivity index (χ0) is 11.4. The van der Waals surface area contributed by atoms with Gasteiger partial charge >= 0.3 is 0 Å². The van der Waals surface area contributed by atoms with Crippen LogP contribution in [0.5, 0.6) is 0 Å². The van der Waals surface area contributed by atoms with E-state index in [-0.39, 0.29) is 112 Å². The average molecular weight is 395 g/mol. The van der Waals surface area contributed by atoms with E-state index in [9.17, 15) is 0 Å². The highest BCUT2D eigenvalue weighted by atomic mass is 16.7. The quantitative estimate of drug-likeness (QED) is 0.506. The van der Waals surface area contributed by atoms with Crippen molar-refractivity contribution < 1.29 is 28.4 Å². The highest BCUT2D eigenvalue weighted by Gasteiger charge is 2.48. The molecule has 0 unspecified atom stereocenters. The lowest BCUT2D eigenvalue weighted by atomic mass is 10.1. The largest absolute Gasteiger partial charge is 0.370 e. The first kappa shape index (κ1) is 56.2. The second kappa shape index (κ2) is 29.5. The molecule has 6 nitrogen and oxygen atoms in total. The van der Waals surface area contributed by atoms with Crippen LogP contribution in [0.1, 0.15) is 74.3 Å². The van der Waals surface area contributed by atoms with Crippen LogP contribution in [0.3, 0.4) is 0 Å². The van der Waals surface area contributed by atoms with Crippen molar-refractivity contribution in [1.29, 1.82) is 0 Å². The Balaban J connectivity index is -0.0000000413. The summed E-state index contributed by atoms with van der Waals surface area (Å²) in [5.74, 6) is 0. The summed E-state index contributed by atoms with van der Waals surface area (Å²) in [5, 5.41) is 0. The Morgan fingerprint density at radius 2 is 0.846 bits per heavy atom. The molecule has 0 N–H and O–H groups in total. The highest BCUT2D eigenvalue weighted by Crippen LogP contribution is 2.30. The summed E-state index contributed by atoms with van der Waals surface area (Å²) < 4.78 is 31.9. The molecular weight excluding hydrogens is 336 g/mol. The normalized spacial score (nSPS) is 23.3. The van der Waals surface area contributed by atoms with Crippen LogP contribution in [0.4, 0.5) is 0 Å². The third kappa shape index (κ3) is 13.9. The summed E-state index contributed by atoms with van der Waals surface area (Å²) in [5.41, 5.74) is 0. The molecule has 0 aromatic carbocycles. The maximum atomic E-state index is 5.61. The van der Waals surface area contributed by atoms with Gasteiger partial charge in [-0.3, -0.25) is 0 Å². The van der Waals surface area contributed by atoms with E-state index in [0.29, 0.717) is 13.2 Å². The first-order chi connectivity index (χ1) is 7.86. The van der Waals surface area contributed by atoms with Crippen LogP contribution in [-0.2, 0) is 28.4 Å². The summed E-state index contributed by atoms with van der Waals surface area (Å²) in [6, 6.07) is 0. The van der Waals surface area contributed by atoms with Crippen LogP contribution in [0.2, 0.25) is 0 Å². The topological polar surface area (TPSA) is 55.4 Å². The Morgan fingerprint density at radius 3 is 1.08 bits per heavy atom. The van der Waals surface area contributed by atoms with Gasteiger partial charge in [-0.05, 0) is 0 Å². The maximum absolute atomic E-state index is 5.61. The van der Waals surface area contributed by atoms with Crippen molar-refractivity contribution >= 4 is 0 Å². The number of rotatable bonds is 6. The monoisotopic (exact) mass is 394 g/mol. The Labute approximate surface area is 168 Å². The lowest BCUT2D eigenvalue weighted by Gasteiger charge is -2.16. The van der Waals surface area contributed by atoms with E-state index in [1.54, 1.807) is 14.2 Å². The van der Waals surface area contributed by atoms with Crippen LogP contribution in [0.15, 0.2) is 0 Å². The maximum Gasteiger partial charge on any atom is 0.146 e. The van der Waals surface area contributed by atoms with Gasteiger partial charge in [-0.1, -0.05) is 74.3 Å². The Kier molecular flexibility index (Phi) is 63.8. The van der Waals surface area contributed by atoms with Crippen molar-refractivity contribution in [1.82, 2.24) is 0 Å². The summed E-state index contributed by atoms with van der Waals surface area (Å²) in [6.07, 6.45) is -0.254. The fourth-order valence-electron chi connectivity index (χ4n) is 2.03. The molecule has 2 aliphatic rings. The standard InChI is InChI=1S/C10H18O6.10CH4/c1-11-5-15-7-3-13-10-8(16-6-12-2)4-14-9(7)10;;;;;;;;;;/h7-10H,3-6H2,1-2H3;10*1H4/t7-,8-,9-,10-;;;;;;;;;;/m1........../s1. The summed E-state index contributed by atoms with van der Waals surface area (Å²) in [7, 11) is 3.18. The molecule has 2 fully saturated rings. The minimum absolute atomic E-state index is 0. The van der Waals surface area contributed by atoms with Crippen LogP contribution in [0.25, 0.3) is 0 Å². The number of methoxy groups -OCH3 is 2. The molecule has 26 heavy (non-hydrogen) atoms. The molecule has 2 saturated heterocycles. The van der Waals surface area contributed by atoms with Gasteiger partial charge in [-0.2, -0.15) is 0 Å². The molecule has 6 heteroatoms. The predicted molar refractivity (Wildman–Crippen MR) is 120 cm³/mol. The first-order valence-corrected chi connectivity index (χ1v) is 5.31. The van der Waals surface area contributed by atoms with Gasteiger partial charge in [0.2, 0.25) is 0 Å². The van der Waals surface area contributed by atoms with E-state index >= 15 is 0 Å². The summed E-state index contributed by atoms with van der Waals surface area (Å²) >= 11 is 0. The molecule has 0 bridgehead atoms. The molecule has 2 aliphatic heterocycles. The van der Waals surface area contributed by atoms with Gasteiger partial charge in [0, 0.05) is 14.2 Å². The summed E-state index contributed by atoms with van der Waals surface area (Å²) in [4.78, 5) is 0. The predicted octanol–water partition coefficient (Wildman–Crippen LogP) is 6.12. The zero-order valence-corrected chi connectivity index (χ0v) is 9.59. The Hall–Kier alpha value is -0.240. The van der Waals surface area contributed by atoms with Crippen LogP contribution >= 0.6 is 0 Å². The molecule has 0 aromatic heterocycles. The molecule has 0 saturated carbocycles. The molecule has 2 rings (SSSR count). The molecule has 174 valence electrons. The number of hydrogen-bond acceptors (Lipinski definition) is 6. The minimum Gasteiger partial charge on any atom is -0.370 e. The van der Waals surface area contributed by atoms with Crippen LogP contribution in [-0.4, -0.2) is 65.4 Å². The lowest BCUT2D eigenvalue weighted by Crippen LogP contribution is -2.34. The van der Waals surface area contributed by atoms with E-state index < -0.39 is 0 Å². The number of hydrogen-bond donors (Lipinski definition) is 0. The van der Waals surface area contributed by atoms with Gasteiger partial charge in [-0.15, -0.1) is 0 Å².